The van der Waals surface area contributed by atoms with Gasteiger partial charge in [-0.1, -0.05) is 19.1 Å². The summed E-state index contributed by atoms with van der Waals surface area (Å²) in [4.78, 5) is 33.1. The Morgan fingerprint density at radius 2 is 1.59 bits per heavy atom. The number of nitrogens with one attached hydrogen (secondary N) is 2. The van der Waals surface area contributed by atoms with Crippen LogP contribution in [-0.2, 0) is 0 Å². The maximum atomic E-state index is 14.6. The molecule has 46 heavy (non-hydrogen) atoms. The van der Waals surface area contributed by atoms with E-state index in [0.717, 1.165) is 56.8 Å². The maximum absolute atomic E-state index is 14.6. The second-order valence-electron chi connectivity index (χ2n) is 11.7. The molecule has 12 heteroatoms. The summed E-state index contributed by atoms with van der Waals surface area (Å²) in [7, 11) is 0. The highest BCUT2D eigenvalue weighted by molar-refractivity contribution is 5.98. The first-order valence-corrected chi connectivity index (χ1v) is 15.5. The van der Waals surface area contributed by atoms with Gasteiger partial charge in [-0.05, 0) is 73.5 Å². The van der Waals surface area contributed by atoms with Crippen LogP contribution in [0.4, 0.5) is 14.5 Å². The van der Waals surface area contributed by atoms with Crippen LogP contribution in [0.2, 0.25) is 0 Å². The predicted octanol–water partition coefficient (Wildman–Crippen LogP) is 5.00. The molecule has 3 aliphatic heterocycles. The van der Waals surface area contributed by atoms with Crippen molar-refractivity contribution in [3.05, 3.63) is 83.4 Å². The van der Waals surface area contributed by atoms with Crippen molar-refractivity contribution in [3.63, 3.8) is 0 Å². The van der Waals surface area contributed by atoms with Crippen molar-refractivity contribution in [2.24, 2.45) is 0 Å². The number of carbonyl (C=O) groups excluding carboxylic acids is 2. The van der Waals surface area contributed by atoms with E-state index in [1.807, 2.05) is 24.0 Å². The highest BCUT2D eigenvalue weighted by Crippen LogP contribution is 2.34. The van der Waals surface area contributed by atoms with Crippen molar-refractivity contribution in [2.75, 3.05) is 63.8 Å². The lowest BCUT2D eigenvalue weighted by Crippen LogP contribution is -2.56. The number of carbonyl (C=O) groups is 2. The Labute approximate surface area is 281 Å². The summed E-state index contributed by atoms with van der Waals surface area (Å²) >= 11 is 0. The summed E-state index contributed by atoms with van der Waals surface area (Å²) in [5.41, 5.74) is 3.04. The van der Waals surface area contributed by atoms with Crippen LogP contribution in [0.5, 0.6) is 5.75 Å². The summed E-state index contributed by atoms with van der Waals surface area (Å²) in [6.07, 6.45) is 1.57. The molecule has 8 nitrogen and oxygen atoms in total. The topological polar surface area (TPSA) is 77.2 Å². The molecule has 2 atom stereocenters. The molecular formula is C34H41Cl2F2N5O3. The Morgan fingerprint density at radius 3 is 2.28 bits per heavy atom. The van der Waals surface area contributed by atoms with Gasteiger partial charge in [0.15, 0.2) is 0 Å². The minimum Gasteiger partial charge on any atom is -0.488 e. The van der Waals surface area contributed by atoms with Gasteiger partial charge in [0.2, 0.25) is 0 Å². The number of benzene rings is 3. The Kier molecular flexibility index (Phi) is 12.2. The van der Waals surface area contributed by atoms with Gasteiger partial charge in [-0.25, -0.2) is 8.78 Å². The first-order valence-electron chi connectivity index (χ1n) is 15.5. The Bertz CT molecular complexity index is 1500. The minimum absolute atomic E-state index is 0. The molecule has 248 valence electrons. The third-order valence-electron chi connectivity index (χ3n) is 8.80. The average molecular weight is 677 g/mol. The van der Waals surface area contributed by atoms with E-state index in [1.165, 1.54) is 24.3 Å². The lowest BCUT2D eigenvalue weighted by atomic mass is 9.99. The van der Waals surface area contributed by atoms with E-state index in [0.29, 0.717) is 48.6 Å². The molecule has 6 rings (SSSR count). The number of hydrogen-bond acceptors (Lipinski definition) is 6. The molecule has 2 amide bonds. The highest BCUT2D eigenvalue weighted by Gasteiger charge is 2.33. The first-order chi connectivity index (χ1) is 21.4. The quantitative estimate of drug-likeness (QED) is 0.367. The zero-order chi connectivity index (χ0) is 30.6. The van der Waals surface area contributed by atoms with Crippen molar-refractivity contribution >= 4 is 42.3 Å². The molecular weight excluding hydrogens is 635 g/mol. The fraction of sp³-hybridized carbons (Fsp3) is 0.412. The molecule has 3 aromatic carbocycles. The molecule has 3 heterocycles. The first kappa shape index (κ1) is 35.4. The monoisotopic (exact) mass is 675 g/mol. The Morgan fingerprint density at radius 1 is 0.826 bits per heavy atom. The molecule has 0 saturated carbocycles. The van der Waals surface area contributed by atoms with E-state index in [-0.39, 0.29) is 54.6 Å². The van der Waals surface area contributed by atoms with Crippen molar-refractivity contribution < 1.29 is 23.1 Å². The molecule has 0 aliphatic carbocycles. The van der Waals surface area contributed by atoms with Crippen LogP contribution in [0, 0.1) is 11.6 Å². The number of halogens is 4. The summed E-state index contributed by atoms with van der Waals surface area (Å²) in [5, 5.41) is 6.59. The Hall–Kier alpha value is -3.44. The van der Waals surface area contributed by atoms with Crippen LogP contribution in [-0.4, -0.2) is 92.7 Å². The lowest BCUT2D eigenvalue weighted by Gasteiger charge is -2.41. The number of ether oxygens (including phenoxy) is 1. The molecule has 0 spiro atoms. The number of rotatable bonds is 7. The Balaban J connectivity index is 0.00000240. The molecule has 3 aliphatic rings. The summed E-state index contributed by atoms with van der Waals surface area (Å²) in [6.45, 7) is 7.84. The van der Waals surface area contributed by atoms with E-state index >= 15 is 0 Å². The lowest BCUT2D eigenvalue weighted by molar-refractivity contribution is 0.0380. The number of piperazine rings is 2. The predicted molar refractivity (Wildman–Crippen MR) is 181 cm³/mol. The van der Waals surface area contributed by atoms with Crippen LogP contribution in [0.25, 0.3) is 11.1 Å². The second kappa shape index (κ2) is 15.9. The largest absolute Gasteiger partial charge is 0.488 e. The molecule has 3 saturated heterocycles. The van der Waals surface area contributed by atoms with Crippen molar-refractivity contribution in [1.29, 1.82) is 0 Å². The van der Waals surface area contributed by atoms with E-state index in [9.17, 15) is 18.4 Å². The minimum atomic E-state index is -0.432. The fourth-order valence-corrected chi connectivity index (χ4v) is 6.34. The van der Waals surface area contributed by atoms with Gasteiger partial charge in [0.1, 0.15) is 23.5 Å². The van der Waals surface area contributed by atoms with E-state index in [1.54, 1.807) is 29.2 Å². The van der Waals surface area contributed by atoms with Gasteiger partial charge in [0.05, 0.1) is 0 Å². The maximum Gasteiger partial charge on any atom is 0.254 e. The average Bonchev–Trinajstić information content (AvgIpc) is 3.57. The normalized spacial score (nSPS) is 19.7. The summed E-state index contributed by atoms with van der Waals surface area (Å²) in [6, 6.07) is 16.0. The second-order valence-corrected chi connectivity index (χ2v) is 11.7. The van der Waals surface area contributed by atoms with E-state index in [4.69, 9.17) is 4.74 Å². The van der Waals surface area contributed by atoms with E-state index in [2.05, 4.69) is 15.5 Å². The van der Waals surface area contributed by atoms with Crippen molar-refractivity contribution in [3.8, 4) is 16.9 Å². The molecule has 0 radical (unpaired) electrons. The van der Waals surface area contributed by atoms with Gasteiger partial charge in [0, 0.05) is 80.8 Å². The number of amides is 2. The number of anilines is 1. The SMILES string of the molecule is CC[C@H]1CN(C(=O)c2cc(F)cc(N3CCNCC3)c2)CCN1C(=O)c1ccc(O[C@H]2CCNC2)c(-c2ccc(F)cc2)c1.Cl.Cl. The van der Waals surface area contributed by atoms with E-state index < -0.39 is 5.82 Å². The van der Waals surface area contributed by atoms with Crippen LogP contribution in [0.3, 0.4) is 0 Å². The van der Waals surface area contributed by atoms with Gasteiger partial charge in [-0.15, -0.1) is 24.8 Å². The number of hydrogen-bond donors (Lipinski definition) is 2. The summed E-state index contributed by atoms with van der Waals surface area (Å²) < 4.78 is 34.7. The van der Waals surface area contributed by atoms with Gasteiger partial charge in [-0.3, -0.25) is 9.59 Å². The smallest absolute Gasteiger partial charge is 0.254 e. The third kappa shape index (κ3) is 7.91. The molecule has 0 unspecified atom stereocenters. The molecule has 3 aromatic rings. The fourth-order valence-electron chi connectivity index (χ4n) is 6.34. The molecule has 2 N–H and O–H groups in total. The van der Waals surface area contributed by atoms with Crippen LogP contribution >= 0.6 is 24.8 Å². The van der Waals surface area contributed by atoms with Gasteiger partial charge in [0.25, 0.3) is 11.8 Å². The molecule has 3 fully saturated rings. The molecule has 0 aromatic heterocycles. The van der Waals surface area contributed by atoms with Gasteiger partial charge in [-0.2, -0.15) is 0 Å². The zero-order valence-electron chi connectivity index (χ0n) is 25.8. The zero-order valence-corrected chi connectivity index (χ0v) is 27.5. The molecule has 0 bridgehead atoms. The standard InChI is InChI=1S/C34H39F2N5O3.2ClH/c1-2-28-22-40(33(42)25-17-27(36)20-29(18-25)39-13-11-37-12-14-39)15-16-41(28)34(43)24-5-8-32(44-30-9-10-38-21-30)31(19-24)23-3-6-26(35)7-4-23;;/h3-8,17-20,28,30,37-38H,2,9-16,21-22H2,1H3;2*1H/t28-,30-;;/m0../s1. The van der Waals surface area contributed by atoms with Gasteiger partial charge < -0.3 is 30.1 Å². The number of nitrogens with zero attached hydrogens (tertiary/aromatic N) is 3. The summed E-state index contributed by atoms with van der Waals surface area (Å²) in [5.74, 6) is -0.473. The van der Waals surface area contributed by atoms with Gasteiger partial charge >= 0.3 is 0 Å². The van der Waals surface area contributed by atoms with Crippen LogP contribution in [0.15, 0.2) is 60.7 Å². The van der Waals surface area contributed by atoms with Crippen LogP contribution in [0.1, 0.15) is 40.5 Å². The van der Waals surface area contributed by atoms with Crippen molar-refractivity contribution in [2.45, 2.75) is 31.9 Å². The van der Waals surface area contributed by atoms with Crippen LogP contribution < -0.4 is 20.3 Å². The third-order valence-corrected chi connectivity index (χ3v) is 8.80. The highest BCUT2D eigenvalue weighted by atomic mass is 35.5. The van der Waals surface area contributed by atoms with Crippen molar-refractivity contribution in [1.82, 2.24) is 20.4 Å².